The number of alkyl halides is 2. The summed E-state index contributed by atoms with van der Waals surface area (Å²) >= 11 is 0. The second-order valence-corrected chi connectivity index (χ2v) is 2.36. The van der Waals surface area contributed by atoms with Crippen molar-refractivity contribution in [3.8, 4) is 0 Å². The summed E-state index contributed by atoms with van der Waals surface area (Å²) in [7, 11) is 0. The summed E-state index contributed by atoms with van der Waals surface area (Å²) in [4.78, 5) is 4.75. The van der Waals surface area contributed by atoms with Crippen LogP contribution in [0, 0.1) is 0 Å². The first-order chi connectivity index (χ1) is 4.55. The fourth-order valence-electron chi connectivity index (χ4n) is 0.850. The van der Waals surface area contributed by atoms with Crippen LogP contribution in [0.5, 0.6) is 0 Å². The molecule has 0 aliphatic carbocycles. The van der Waals surface area contributed by atoms with Crippen LogP contribution in [0.4, 0.5) is 8.78 Å². The maximum atomic E-state index is 12.1. The van der Waals surface area contributed by atoms with Gasteiger partial charge in [-0.1, -0.05) is 0 Å². The monoisotopic (exact) mass is 149 g/mol. The largest absolute Gasteiger partial charge is 0.297 e. The van der Waals surface area contributed by atoms with Gasteiger partial charge in [-0.25, -0.2) is 8.78 Å². The average Bonchev–Trinajstić information content (AvgIpc) is 1.81. The summed E-state index contributed by atoms with van der Waals surface area (Å²) in [5.74, 6) is -2.57. The lowest BCUT2D eigenvalue weighted by Crippen LogP contribution is -2.61. The second-order valence-electron chi connectivity index (χ2n) is 2.36. The normalized spacial score (nSPS) is 27.1. The first kappa shape index (κ1) is 7.56. The number of aliphatic imine (C=N–C) groups is 1. The molecule has 1 atom stereocenters. The molecule has 0 spiro atoms. The standard InChI is InChI=1S/C5H9F2N3/c1-9-4(8)10-2-5(6,7)3-10/h4H,1-3,8H2. The Balaban J connectivity index is 2.32. The summed E-state index contributed by atoms with van der Waals surface area (Å²) in [6.45, 7) is 2.55. The van der Waals surface area contributed by atoms with Gasteiger partial charge < -0.3 is 0 Å². The van der Waals surface area contributed by atoms with Gasteiger partial charge in [0.05, 0.1) is 13.1 Å². The third-order valence-corrected chi connectivity index (χ3v) is 1.43. The van der Waals surface area contributed by atoms with E-state index < -0.39 is 12.2 Å². The zero-order chi connectivity index (χ0) is 7.78. The van der Waals surface area contributed by atoms with Gasteiger partial charge >= 0.3 is 0 Å². The van der Waals surface area contributed by atoms with Crippen LogP contribution < -0.4 is 5.73 Å². The van der Waals surface area contributed by atoms with E-state index >= 15 is 0 Å². The molecule has 5 heteroatoms. The summed E-state index contributed by atoms with van der Waals surface area (Å²) in [6, 6.07) is 0. The van der Waals surface area contributed by atoms with Gasteiger partial charge in [-0.05, 0) is 6.72 Å². The van der Waals surface area contributed by atoms with E-state index in [0.717, 1.165) is 0 Å². The Morgan fingerprint density at radius 3 is 2.40 bits per heavy atom. The fourth-order valence-corrected chi connectivity index (χ4v) is 0.850. The zero-order valence-electron chi connectivity index (χ0n) is 5.43. The van der Waals surface area contributed by atoms with Crippen molar-refractivity contribution in [2.45, 2.75) is 12.2 Å². The molecule has 0 aromatic carbocycles. The molecule has 1 rings (SSSR count). The quantitative estimate of drug-likeness (QED) is 0.556. The molecule has 1 unspecified atom stereocenters. The van der Waals surface area contributed by atoms with Gasteiger partial charge in [0, 0.05) is 0 Å². The predicted molar refractivity (Wildman–Crippen MR) is 34.0 cm³/mol. The fraction of sp³-hybridized carbons (Fsp3) is 0.800. The summed E-state index contributed by atoms with van der Waals surface area (Å²) in [6.07, 6.45) is -0.667. The second kappa shape index (κ2) is 2.25. The van der Waals surface area contributed by atoms with Crippen molar-refractivity contribution in [1.82, 2.24) is 4.90 Å². The lowest BCUT2D eigenvalue weighted by molar-refractivity contribution is -0.143. The van der Waals surface area contributed by atoms with Gasteiger partial charge in [-0.15, -0.1) is 0 Å². The first-order valence-electron chi connectivity index (χ1n) is 2.88. The molecule has 0 aromatic heterocycles. The van der Waals surface area contributed by atoms with Gasteiger partial charge in [0.2, 0.25) is 0 Å². The van der Waals surface area contributed by atoms with Gasteiger partial charge in [-0.3, -0.25) is 15.6 Å². The van der Waals surface area contributed by atoms with Crippen molar-refractivity contribution in [2.24, 2.45) is 10.7 Å². The molecule has 0 amide bonds. The Labute approximate surface area is 57.5 Å². The van der Waals surface area contributed by atoms with Gasteiger partial charge in [0.25, 0.3) is 5.92 Å². The van der Waals surface area contributed by atoms with E-state index in [-0.39, 0.29) is 13.1 Å². The van der Waals surface area contributed by atoms with Crippen molar-refractivity contribution < 1.29 is 8.78 Å². The molecule has 1 fully saturated rings. The minimum atomic E-state index is -2.57. The molecule has 0 bridgehead atoms. The Morgan fingerprint density at radius 2 is 2.10 bits per heavy atom. The number of hydrogen-bond donors (Lipinski definition) is 1. The lowest BCUT2D eigenvalue weighted by atomic mass is 10.1. The van der Waals surface area contributed by atoms with Crippen LogP contribution in [0.2, 0.25) is 0 Å². The average molecular weight is 149 g/mol. The highest BCUT2D eigenvalue weighted by Gasteiger charge is 2.45. The number of hydrogen-bond acceptors (Lipinski definition) is 3. The van der Waals surface area contributed by atoms with Crippen molar-refractivity contribution in [2.75, 3.05) is 13.1 Å². The highest BCUT2D eigenvalue weighted by atomic mass is 19.3. The van der Waals surface area contributed by atoms with Crippen molar-refractivity contribution >= 4 is 6.72 Å². The number of rotatable bonds is 2. The van der Waals surface area contributed by atoms with E-state index in [4.69, 9.17) is 5.73 Å². The molecular formula is C5H9F2N3. The SMILES string of the molecule is C=NC(N)N1CC(F)(F)C1. The summed E-state index contributed by atoms with van der Waals surface area (Å²) < 4.78 is 24.3. The maximum Gasteiger partial charge on any atom is 0.273 e. The summed E-state index contributed by atoms with van der Waals surface area (Å²) in [5, 5.41) is 0. The smallest absolute Gasteiger partial charge is 0.273 e. The van der Waals surface area contributed by atoms with Crippen LogP contribution in [0.15, 0.2) is 4.99 Å². The van der Waals surface area contributed by atoms with Crippen LogP contribution in [0.25, 0.3) is 0 Å². The molecular weight excluding hydrogens is 140 g/mol. The molecule has 3 nitrogen and oxygen atoms in total. The third-order valence-electron chi connectivity index (χ3n) is 1.43. The van der Waals surface area contributed by atoms with Crippen molar-refractivity contribution in [3.05, 3.63) is 0 Å². The Kier molecular flexibility index (Phi) is 1.70. The molecule has 1 heterocycles. The van der Waals surface area contributed by atoms with E-state index in [1.807, 2.05) is 0 Å². The molecule has 0 aromatic rings. The maximum absolute atomic E-state index is 12.1. The Morgan fingerprint density at radius 1 is 1.60 bits per heavy atom. The molecule has 58 valence electrons. The predicted octanol–water partition coefficient (Wildman–Crippen LogP) is -0.120. The van der Waals surface area contributed by atoms with E-state index in [9.17, 15) is 8.78 Å². The zero-order valence-corrected chi connectivity index (χ0v) is 5.43. The molecule has 0 radical (unpaired) electrons. The van der Waals surface area contributed by atoms with Crippen LogP contribution in [-0.4, -0.2) is 36.9 Å². The van der Waals surface area contributed by atoms with Crippen LogP contribution in [0.3, 0.4) is 0 Å². The highest BCUT2D eigenvalue weighted by molar-refractivity contribution is 5.23. The number of nitrogens with two attached hydrogens (primary N) is 1. The van der Waals surface area contributed by atoms with Crippen LogP contribution in [0.1, 0.15) is 0 Å². The minimum Gasteiger partial charge on any atom is -0.297 e. The Hall–Kier alpha value is -0.550. The molecule has 1 aliphatic rings. The molecule has 1 saturated heterocycles. The van der Waals surface area contributed by atoms with E-state index in [2.05, 4.69) is 11.7 Å². The molecule has 1 aliphatic heterocycles. The van der Waals surface area contributed by atoms with Crippen LogP contribution >= 0.6 is 0 Å². The third kappa shape index (κ3) is 1.30. The van der Waals surface area contributed by atoms with Crippen molar-refractivity contribution in [1.29, 1.82) is 0 Å². The van der Waals surface area contributed by atoms with Gasteiger partial charge in [0.15, 0.2) is 6.29 Å². The summed E-state index contributed by atoms with van der Waals surface area (Å²) in [5.41, 5.74) is 5.26. The topological polar surface area (TPSA) is 41.6 Å². The molecule has 2 N–H and O–H groups in total. The number of likely N-dealkylation sites (tertiary alicyclic amines) is 1. The highest BCUT2D eigenvalue weighted by Crippen LogP contribution is 2.27. The van der Waals surface area contributed by atoms with E-state index in [1.54, 1.807) is 0 Å². The Bertz CT molecular complexity index is 140. The van der Waals surface area contributed by atoms with Gasteiger partial charge in [-0.2, -0.15) is 0 Å². The molecule has 0 saturated carbocycles. The van der Waals surface area contributed by atoms with Crippen LogP contribution in [-0.2, 0) is 0 Å². The number of halogens is 2. The minimum absolute atomic E-state index is 0.298. The van der Waals surface area contributed by atoms with E-state index in [1.165, 1.54) is 4.90 Å². The lowest BCUT2D eigenvalue weighted by Gasteiger charge is -2.40. The molecule has 10 heavy (non-hydrogen) atoms. The number of nitrogens with zero attached hydrogens (tertiary/aromatic N) is 2. The van der Waals surface area contributed by atoms with Gasteiger partial charge in [0.1, 0.15) is 0 Å². The van der Waals surface area contributed by atoms with E-state index in [0.29, 0.717) is 0 Å². The first-order valence-corrected chi connectivity index (χ1v) is 2.88. The van der Waals surface area contributed by atoms with Crippen molar-refractivity contribution in [3.63, 3.8) is 0 Å².